The first kappa shape index (κ1) is 13.3. The third kappa shape index (κ3) is 2.62. The van der Waals surface area contributed by atoms with Crippen molar-refractivity contribution in [2.45, 2.75) is 5.88 Å². The Hall–Kier alpha value is -1.65. The first-order chi connectivity index (χ1) is 9.78. The first-order valence-corrected chi connectivity index (χ1v) is 7.32. The summed E-state index contributed by atoms with van der Waals surface area (Å²) in [5.74, 6) is 1.07. The topological polar surface area (TPSA) is 35.0 Å². The van der Waals surface area contributed by atoms with Gasteiger partial charge in [-0.25, -0.2) is 9.97 Å². The molecular formula is C15H10BrClN2O. The van der Waals surface area contributed by atoms with Crippen molar-refractivity contribution in [1.82, 2.24) is 9.97 Å². The van der Waals surface area contributed by atoms with Crippen molar-refractivity contribution in [3.8, 4) is 11.8 Å². The minimum Gasteiger partial charge on any atom is -0.423 e. The molecule has 3 nitrogen and oxygen atoms in total. The third-order valence-electron chi connectivity index (χ3n) is 2.87. The number of benzene rings is 2. The molecule has 20 heavy (non-hydrogen) atoms. The SMILES string of the molecule is ClCc1cnc(Oc2ccc3ccccc3c2Br)nc1. The van der Waals surface area contributed by atoms with E-state index in [0.717, 1.165) is 20.8 Å². The van der Waals surface area contributed by atoms with Crippen LogP contribution in [0.4, 0.5) is 0 Å². The zero-order chi connectivity index (χ0) is 13.9. The highest BCUT2D eigenvalue weighted by molar-refractivity contribution is 9.10. The average Bonchev–Trinajstić information content (AvgIpc) is 2.51. The van der Waals surface area contributed by atoms with Crippen LogP contribution < -0.4 is 4.74 Å². The van der Waals surface area contributed by atoms with Gasteiger partial charge in [-0.3, -0.25) is 0 Å². The summed E-state index contributed by atoms with van der Waals surface area (Å²) in [5.41, 5.74) is 0.858. The van der Waals surface area contributed by atoms with Crippen LogP contribution in [0.3, 0.4) is 0 Å². The number of fused-ring (bicyclic) bond motifs is 1. The predicted octanol–water partition coefficient (Wildman–Crippen LogP) is 4.92. The highest BCUT2D eigenvalue weighted by atomic mass is 79.9. The van der Waals surface area contributed by atoms with Crippen LogP contribution in [0.25, 0.3) is 10.8 Å². The fourth-order valence-corrected chi connectivity index (χ4v) is 2.57. The van der Waals surface area contributed by atoms with E-state index in [2.05, 4.69) is 32.0 Å². The maximum Gasteiger partial charge on any atom is 0.321 e. The van der Waals surface area contributed by atoms with E-state index in [9.17, 15) is 0 Å². The molecule has 0 aliphatic carbocycles. The molecule has 100 valence electrons. The van der Waals surface area contributed by atoms with Crippen LogP contribution in [0.2, 0.25) is 0 Å². The second-order valence-corrected chi connectivity index (χ2v) is 5.27. The summed E-state index contributed by atoms with van der Waals surface area (Å²) in [4.78, 5) is 8.25. The van der Waals surface area contributed by atoms with Gasteiger partial charge in [0.05, 0.1) is 10.4 Å². The Morgan fingerprint density at radius 1 is 1.05 bits per heavy atom. The highest BCUT2D eigenvalue weighted by Gasteiger charge is 2.08. The molecule has 0 saturated carbocycles. The van der Waals surface area contributed by atoms with Crippen molar-refractivity contribution in [2.75, 3.05) is 0 Å². The lowest BCUT2D eigenvalue weighted by molar-refractivity contribution is 0.439. The van der Waals surface area contributed by atoms with Gasteiger partial charge in [-0.1, -0.05) is 30.3 Å². The van der Waals surface area contributed by atoms with E-state index in [-0.39, 0.29) is 0 Å². The Bertz CT molecular complexity index is 746. The summed E-state index contributed by atoms with van der Waals surface area (Å²) in [5, 5.41) is 2.23. The number of ether oxygens (including phenoxy) is 1. The van der Waals surface area contributed by atoms with Crippen LogP contribution in [0.15, 0.2) is 53.3 Å². The van der Waals surface area contributed by atoms with Crippen molar-refractivity contribution < 1.29 is 4.74 Å². The van der Waals surface area contributed by atoms with Crippen molar-refractivity contribution >= 4 is 38.3 Å². The van der Waals surface area contributed by atoms with E-state index in [1.807, 2.05) is 30.3 Å². The van der Waals surface area contributed by atoms with E-state index in [0.29, 0.717) is 17.6 Å². The summed E-state index contributed by atoms with van der Waals surface area (Å²) >= 11 is 9.27. The van der Waals surface area contributed by atoms with Gasteiger partial charge in [0.2, 0.25) is 0 Å². The minimum absolute atomic E-state index is 0.301. The van der Waals surface area contributed by atoms with Gasteiger partial charge in [0.1, 0.15) is 5.75 Å². The van der Waals surface area contributed by atoms with Gasteiger partial charge in [0.25, 0.3) is 0 Å². The molecule has 0 radical (unpaired) electrons. The molecule has 1 aromatic heterocycles. The Morgan fingerprint density at radius 3 is 2.55 bits per heavy atom. The second kappa shape index (κ2) is 5.77. The van der Waals surface area contributed by atoms with Gasteiger partial charge >= 0.3 is 6.01 Å². The lowest BCUT2D eigenvalue weighted by Crippen LogP contribution is -1.93. The molecule has 3 rings (SSSR count). The molecule has 2 aromatic carbocycles. The van der Waals surface area contributed by atoms with Crippen LogP contribution in [0, 0.1) is 0 Å². The van der Waals surface area contributed by atoms with Crippen molar-refractivity contribution in [2.24, 2.45) is 0 Å². The van der Waals surface area contributed by atoms with Crippen molar-refractivity contribution in [1.29, 1.82) is 0 Å². The van der Waals surface area contributed by atoms with Crippen LogP contribution in [0.5, 0.6) is 11.8 Å². The quantitative estimate of drug-likeness (QED) is 0.629. The number of aromatic nitrogens is 2. The number of alkyl halides is 1. The maximum absolute atomic E-state index is 5.70. The molecule has 0 spiro atoms. The molecule has 3 aromatic rings. The molecule has 0 N–H and O–H groups in total. The fraction of sp³-hybridized carbons (Fsp3) is 0.0667. The Labute approximate surface area is 129 Å². The van der Waals surface area contributed by atoms with Gasteiger partial charge in [0.15, 0.2) is 0 Å². The summed E-state index contributed by atoms with van der Waals surface area (Å²) in [6.07, 6.45) is 3.31. The lowest BCUT2D eigenvalue weighted by Gasteiger charge is -2.08. The lowest BCUT2D eigenvalue weighted by atomic mass is 10.1. The summed E-state index contributed by atoms with van der Waals surface area (Å²) < 4.78 is 6.59. The largest absolute Gasteiger partial charge is 0.423 e. The molecule has 5 heteroatoms. The van der Waals surface area contributed by atoms with Crippen LogP contribution >= 0.6 is 27.5 Å². The van der Waals surface area contributed by atoms with Gasteiger partial charge in [0, 0.05) is 18.0 Å². The van der Waals surface area contributed by atoms with Crippen LogP contribution in [-0.4, -0.2) is 9.97 Å². The molecule has 0 fully saturated rings. The minimum atomic E-state index is 0.301. The molecule has 0 aliphatic heterocycles. The summed E-state index contributed by atoms with van der Waals surface area (Å²) in [6, 6.07) is 12.3. The Morgan fingerprint density at radius 2 is 1.80 bits per heavy atom. The van der Waals surface area contributed by atoms with Gasteiger partial charge in [-0.15, -0.1) is 11.6 Å². The molecule has 0 amide bonds. The predicted molar refractivity (Wildman–Crippen MR) is 83.3 cm³/mol. The monoisotopic (exact) mass is 348 g/mol. The fourth-order valence-electron chi connectivity index (χ4n) is 1.86. The smallest absolute Gasteiger partial charge is 0.321 e. The number of halogens is 2. The molecule has 0 atom stereocenters. The first-order valence-electron chi connectivity index (χ1n) is 6.00. The van der Waals surface area contributed by atoms with Crippen LogP contribution in [0.1, 0.15) is 5.56 Å². The van der Waals surface area contributed by atoms with E-state index in [1.54, 1.807) is 12.4 Å². The van der Waals surface area contributed by atoms with Crippen LogP contribution in [-0.2, 0) is 5.88 Å². The van der Waals surface area contributed by atoms with E-state index in [1.165, 1.54) is 0 Å². The molecule has 0 aliphatic rings. The molecule has 1 heterocycles. The Balaban J connectivity index is 1.95. The third-order valence-corrected chi connectivity index (χ3v) is 3.99. The average molecular weight is 350 g/mol. The molecule has 0 saturated heterocycles. The number of hydrogen-bond donors (Lipinski definition) is 0. The van der Waals surface area contributed by atoms with E-state index >= 15 is 0 Å². The van der Waals surface area contributed by atoms with Crippen molar-refractivity contribution in [3.63, 3.8) is 0 Å². The van der Waals surface area contributed by atoms with Gasteiger partial charge in [-0.2, -0.15) is 0 Å². The summed E-state index contributed by atoms with van der Waals surface area (Å²) in [7, 11) is 0. The van der Waals surface area contributed by atoms with Gasteiger partial charge < -0.3 is 4.74 Å². The number of rotatable bonds is 3. The molecule has 0 unspecified atom stereocenters. The zero-order valence-corrected chi connectivity index (χ0v) is 12.7. The van der Waals surface area contributed by atoms with Crippen molar-refractivity contribution in [3.05, 3.63) is 58.8 Å². The maximum atomic E-state index is 5.70. The number of nitrogens with zero attached hydrogens (tertiary/aromatic N) is 2. The molecular weight excluding hydrogens is 340 g/mol. The second-order valence-electron chi connectivity index (χ2n) is 4.21. The number of hydrogen-bond acceptors (Lipinski definition) is 3. The standard InChI is InChI=1S/C15H10BrClN2O/c16-14-12-4-2-1-3-11(12)5-6-13(14)20-15-18-8-10(7-17)9-19-15/h1-6,8-9H,7H2. The highest BCUT2D eigenvalue weighted by Crippen LogP contribution is 2.34. The summed E-state index contributed by atoms with van der Waals surface area (Å²) in [6.45, 7) is 0. The van der Waals surface area contributed by atoms with Gasteiger partial charge in [-0.05, 0) is 32.8 Å². The normalized spacial score (nSPS) is 10.7. The Kier molecular flexibility index (Phi) is 3.85. The van der Waals surface area contributed by atoms with E-state index in [4.69, 9.17) is 16.3 Å². The zero-order valence-electron chi connectivity index (χ0n) is 10.4. The van der Waals surface area contributed by atoms with E-state index < -0.39 is 0 Å². The molecule has 0 bridgehead atoms.